The molecule has 1 aromatic carbocycles. The van der Waals surface area contributed by atoms with Crippen molar-refractivity contribution in [2.75, 3.05) is 0 Å². The highest BCUT2D eigenvalue weighted by Crippen LogP contribution is 2.38. The molecule has 0 aliphatic heterocycles. The highest BCUT2D eigenvalue weighted by atomic mass is 19.4. The van der Waals surface area contributed by atoms with Crippen LogP contribution in [0.3, 0.4) is 0 Å². The smallest absolute Gasteiger partial charge is 0.407 e. The van der Waals surface area contributed by atoms with Gasteiger partial charge in [-0.25, -0.2) is 4.79 Å². The molecule has 4 nitrogen and oxygen atoms in total. The summed E-state index contributed by atoms with van der Waals surface area (Å²) in [6.07, 6.45) is -1.08. The molecule has 2 saturated carbocycles. The molecule has 0 heterocycles. The van der Waals surface area contributed by atoms with Crippen LogP contribution in [0.15, 0.2) is 30.3 Å². The maximum Gasteiger partial charge on any atom is 0.407 e. The number of nitrogens with one attached hydrogen (secondary N) is 2. The summed E-state index contributed by atoms with van der Waals surface area (Å²) in [6.45, 7) is 0.205. The van der Waals surface area contributed by atoms with Crippen molar-refractivity contribution in [2.24, 2.45) is 5.92 Å². The highest BCUT2D eigenvalue weighted by molar-refractivity contribution is 5.67. The summed E-state index contributed by atoms with van der Waals surface area (Å²) < 4.78 is 44.5. The van der Waals surface area contributed by atoms with E-state index in [0.29, 0.717) is 25.7 Å². The Balaban J connectivity index is 1.36. The predicted octanol–water partition coefficient (Wildman–Crippen LogP) is 4.15. The number of ether oxygens (including phenoxy) is 1. The van der Waals surface area contributed by atoms with Crippen LogP contribution in [0.4, 0.5) is 18.0 Å². The minimum Gasteiger partial charge on any atom is -0.445 e. The zero-order valence-corrected chi connectivity index (χ0v) is 14.6. The van der Waals surface area contributed by atoms with E-state index in [1.165, 1.54) is 0 Å². The highest BCUT2D eigenvalue weighted by Gasteiger charge is 2.46. The number of carbonyl (C=O) groups excluding carboxylic acids is 1. The molecule has 0 aromatic heterocycles. The molecule has 2 unspecified atom stereocenters. The van der Waals surface area contributed by atoms with Crippen molar-refractivity contribution in [1.82, 2.24) is 10.6 Å². The van der Waals surface area contributed by atoms with Crippen LogP contribution in [0.25, 0.3) is 0 Å². The Bertz CT molecular complexity index is 588. The second kappa shape index (κ2) is 8.29. The number of alkyl carbamates (subject to hydrolysis) is 1. The minimum absolute atomic E-state index is 0.0300. The van der Waals surface area contributed by atoms with Gasteiger partial charge in [0.25, 0.3) is 0 Å². The summed E-state index contributed by atoms with van der Waals surface area (Å²) in [5.41, 5.74) is 0.909. The third-order valence-corrected chi connectivity index (χ3v) is 5.31. The number of carbonyl (C=O) groups is 1. The van der Waals surface area contributed by atoms with Gasteiger partial charge in [-0.2, -0.15) is 13.2 Å². The lowest BCUT2D eigenvalue weighted by Gasteiger charge is -2.42. The molecule has 2 aliphatic carbocycles. The molecule has 2 aliphatic rings. The quantitative estimate of drug-likeness (QED) is 0.819. The molecule has 2 N–H and O–H groups in total. The molecule has 7 heteroatoms. The predicted molar refractivity (Wildman–Crippen MR) is 91.5 cm³/mol. The Kier molecular flexibility index (Phi) is 6.06. The van der Waals surface area contributed by atoms with E-state index >= 15 is 0 Å². The average Bonchev–Trinajstić information content (AvgIpc) is 2.58. The van der Waals surface area contributed by atoms with E-state index in [4.69, 9.17) is 4.74 Å². The lowest BCUT2D eigenvalue weighted by molar-refractivity contribution is -0.190. The van der Waals surface area contributed by atoms with Crippen molar-refractivity contribution in [3.63, 3.8) is 0 Å². The fourth-order valence-corrected chi connectivity index (χ4v) is 3.83. The van der Waals surface area contributed by atoms with Gasteiger partial charge in [0, 0.05) is 18.1 Å². The summed E-state index contributed by atoms with van der Waals surface area (Å²) in [4.78, 5) is 11.8. The van der Waals surface area contributed by atoms with Crippen LogP contribution in [-0.4, -0.2) is 30.4 Å². The molecule has 3 rings (SSSR count). The van der Waals surface area contributed by atoms with E-state index in [9.17, 15) is 18.0 Å². The van der Waals surface area contributed by atoms with E-state index < -0.39 is 24.2 Å². The molecule has 2 fully saturated rings. The van der Waals surface area contributed by atoms with Crippen LogP contribution in [0.1, 0.15) is 44.1 Å². The molecule has 0 radical (unpaired) electrons. The van der Waals surface area contributed by atoms with Gasteiger partial charge < -0.3 is 15.4 Å². The summed E-state index contributed by atoms with van der Waals surface area (Å²) in [5.74, 6) is -1.25. The largest absolute Gasteiger partial charge is 0.445 e. The number of alkyl halides is 3. The van der Waals surface area contributed by atoms with Crippen molar-refractivity contribution < 1.29 is 22.7 Å². The van der Waals surface area contributed by atoms with Crippen LogP contribution < -0.4 is 10.6 Å². The molecular weight excluding hydrogens is 345 g/mol. The molecular formula is C19H25F3N2O2. The molecule has 26 heavy (non-hydrogen) atoms. The summed E-state index contributed by atoms with van der Waals surface area (Å²) in [6, 6.07) is 8.87. The number of hydrogen-bond acceptors (Lipinski definition) is 3. The van der Waals surface area contributed by atoms with E-state index in [-0.39, 0.29) is 25.1 Å². The van der Waals surface area contributed by atoms with E-state index in [1.54, 1.807) is 0 Å². The fraction of sp³-hybridized carbons (Fsp3) is 0.632. The molecule has 0 saturated heterocycles. The van der Waals surface area contributed by atoms with Gasteiger partial charge in [0.05, 0.1) is 5.92 Å². The van der Waals surface area contributed by atoms with Crippen molar-refractivity contribution in [3.05, 3.63) is 35.9 Å². The summed E-state index contributed by atoms with van der Waals surface area (Å²) in [5, 5.41) is 5.93. The first kappa shape index (κ1) is 19.0. The second-order valence-electron chi connectivity index (χ2n) is 7.28. The first-order chi connectivity index (χ1) is 12.4. The van der Waals surface area contributed by atoms with Gasteiger partial charge >= 0.3 is 12.3 Å². The van der Waals surface area contributed by atoms with Gasteiger partial charge in [0.2, 0.25) is 0 Å². The first-order valence-corrected chi connectivity index (χ1v) is 9.22. The monoisotopic (exact) mass is 370 g/mol. The normalized spacial score (nSPS) is 28.9. The van der Waals surface area contributed by atoms with Gasteiger partial charge in [-0.3, -0.25) is 0 Å². The Hall–Kier alpha value is -1.76. The number of halogens is 3. The fourth-order valence-electron chi connectivity index (χ4n) is 3.83. The van der Waals surface area contributed by atoms with Crippen molar-refractivity contribution in [3.8, 4) is 0 Å². The summed E-state index contributed by atoms with van der Waals surface area (Å²) in [7, 11) is 0. The Labute approximate surface area is 151 Å². The van der Waals surface area contributed by atoms with Crippen LogP contribution in [0, 0.1) is 5.92 Å². The standard InChI is InChI=1S/C19H25F3N2O2/c20-19(21,22)16-8-4-5-9-17(16)23-14-10-15(11-14)24-18(25)26-12-13-6-2-1-3-7-13/h1-3,6-7,14-17,23H,4-5,8-12H2,(H,24,25). The molecule has 1 aromatic rings. The van der Waals surface area contributed by atoms with Crippen LogP contribution in [-0.2, 0) is 11.3 Å². The van der Waals surface area contributed by atoms with E-state index in [2.05, 4.69) is 10.6 Å². The van der Waals surface area contributed by atoms with Gasteiger partial charge in [-0.15, -0.1) is 0 Å². The van der Waals surface area contributed by atoms with Crippen LogP contribution in [0.2, 0.25) is 0 Å². The third-order valence-electron chi connectivity index (χ3n) is 5.31. The lowest BCUT2D eigenvalue weighted by Crippen LogP contribution is -2.57. The number of hydrogen-bond donors (Lipinski definition) is 2. The van der Waals surface area contributed by atoms with Crippen molar-refractivity contribution in [2.45, 2.75) is 69.4 Å². The molecule has 144 valence electrons. The average molecular weight is 370 g/mol. The lowest BCUT2D eigenvalue weighted by atomic mass is 9.80. The first-order valence-electron chi connectivity index (χ1n) is 9.22. The molecule has 0 bridgehead atoms. The van der Waals surface area contributed by atoms with Crippen molar-refractivity contribution >= 4 is 6.09 Å². The second-order valence-corrected chi connectivity index (χ2v) is 7.28. The maximum absolute atomic E-state index is 13.1. The van der Waals surface area contributed by atoms with Crippen molar-refractivity contribution in [1.29, 1.82) is 0 Å². The molecule has 0 spiro atoms. The minimum atomic E-state index is -4.14. The zero-order valence-electron chi connectivity index (χ0n) is 14.6. The topological polar surface area (TPSA) is 50.4 Å². The third kappa shape index (κ3) is 5.13. The Morgan fingerprint density at radius 1 is 1.08 bits per heavy atom. The van der Waals surface area contributed by atoms with Gasteiger partial charge in [0.1, 0.15) is 6.61 Å². The van der Waals surface area contributed by atoms with E-state index in [1.807, 2.05) is 30.3 Å². The van der Waals surface area contributed by atoms with Gasteiger partial charge in [0.15, 0.2) is 0 Å². The number of rotatable bonds is 5. The zero-order chi connectivity index (χ0) is 18.6. The maximum atomic E-state index is 13.1. The van der Waals surface area contributed by atoms with Gasteiger partial charge in [-0.1, -0.05) is 43.2 Å². The van der Waals surface area contributed by atoms with Gasteiger partial charge in [-0.05, 0) is 31.2 Å². The molecule has 1 amide bonds. The van der Waals surface area contributed by atoms with E-state index in [0.717, 1.165) is 12.0 Å². The Morgan fingerprint density at radius 3 is 2.46 bits per heavy atom. The van der Waals surface area contributed by atoms with Crippen LogP contribution >= 0.6 is 0 Å². The number of benzene rings is 1. The molecule has 2 atom stereocenters. The Morgan fingerprint density at radius 2 is 1.77 bits per heavy atom. The summed E-state index contributed by atoms with van der Waals surface area (Å²) >= 11 is 0. The SMILES string of the molecule is O=C(NC1CC(NC2CCCCC2C(F)(F)F)C1)OCc1ccccc1. The number of amides is 1. The van der Waals surface area contributed by atoms with Crippen LogP contribution in [0.5, 0.6) is 0 Å².